The maximum Gasteiger partial charge on any atom is 0.573 e. The van der Waals surface area contributed by atoms with Crippen LogP contribution in [0.1, 0.15) is 29.4 Å². The van der Waals surface area contributed by atoms with E-state index in [9.17, 15) is 22.8 Å². The van der Waals surface area contributed by atoms with Gasteiger partial charge in [0.15, 0.2) is 10.9 Å². The SMILES string of the molecule is O=C1CC[C@@H](C(=O)Nc2ncc(-c3ccc(OC(F)(F)F)cc3)s2)n2cccc21. The van der Waals surface area contributed by atoms with Gasteiger partial charge < -0.3 is 14.6 Å². The second-order valence-corrected chi connectivity index (χ2v) is 7.40. The Hall–Kier alpha value is -3.14. The molecule has 0 fully saturated rings. The summed E-state index contributed by atoms with van der Waals surface area (Å²) in [6.07, 6.45) is -0.796. The van der Waals surface area contributed by atoms with Gasteiger partial charge in [-0.2, -0.15) is 0 Å². The molecule has 6 nitrogen and oxygen atoms in total. The molecule has 3 aromatic rings. The number of thiazole rings is 1. The molecule has 0 saturated heterocycles. The zero-order chi connectivity index (χ0) is 20.6. The molecule has 1 aliphatic heterocycles. The summed E-state index contributed by atoms with van der Waals surface area (Å²) in [6, 6.07) is 8.32. The number of nitrogens with zero attached hydrogens (tertiary/aromatic N) is 2. The number of anilines is 1. The molecule has 3 heterocycles. The second-order valence-electron chi connectivity index (χ2n) is 6.37. The van der Waals surface area contributed by atoms with Gasteiger partial charge in [0.05, 0.1) is 10.6 Å². The number of alkyl halides is 3. The predicted molar refractivity (Wildman–Crippen MR) is 99.9 cm³/mol. The Labute approximate surface area is 166 Å². The summed E-state index contributed by atoms with van der Waals surface area (Å²) in [5.41, 5.74) is 1.16. The van der Waals surface area contributed by atoms with Crippen molar-refractivity contribution in [3.8, 4) is 16.2 Å². The minimum Gasteiger partial charge on any atom is -0.406 e. The number of Topliss-reactive ketones (excluding diaryl/α,β-unsaturated/α-hetero) is 1. The van der Waals surface area contributed by atoms with Gasteiger partial charge in [0.1, 0.15) is 11.8 Å². The standard InChI is InChI=1S/C19H14F3N3O3S/c20-19(21,22)28-12-5-3-11(4-6-12)16-10-23-18(29-16)24-17(27)14-7-8-15(26)13-2-1-9-25(13)14/h1-6,9-10,14H,7-8H2,(H,23,24,27)/t14-/m0/s1. The molecule has 1 aromatic carbocycles. The molecule has 0 saturated carbocycles. The quantitative estimate of drug-likeness (QED) is 0.665. The number of nitrogens with one attached hydrogen (secondary N) is 1. The van der Waals surface area contributed by atoms with Gasteiger partial charge in [-0.25, -0.2) is 4.98 Å². The van der Waals surface area contributed by atoms with Gasteiger partial charge >= 0.3 is 6.36 Å². The molecule has 0 unspecified atom stereocenters. The molecule has 1 N–H and O–H groups in total. The van der Waals surface area contributed by atoms with Crippen molar-refractivity contribution in [2.75, 3.05) is 5.32 Å². The normalized spacial score (nSPS) is 16.4. The number of carbonyl (C=O) groups excluding carboxylic acids is 2. The molecule has 29 heavy (non-hydrogen) atoms. The van der Waals surface area contributed by atoms with Crippen LogP contribution in [0.5, 0.6) is 5.75 Å². The third-order valence-electron chi connectivity index (χ3n) is 4.46. The zero-order valence-electron chi connectivity index (χ0n) is 14.8. The lowest BCUT2D eigenvalue weighted by Gasteiger charge is -2.24. The highest BCUT2D eigenvalue weighted by Crippen LogP contribution is 2.32. The first kappa shape index (κ1) is 19.2. The van der Waals surface area contributed by atoms with Crippen molar-refractivity contribution in [3.63, 3.8) is 0 Å². The molecule has 0 bridgehead atoms. The van der Waals surface area contributed by atoms with Gasteiger partial charge in [-0.15, -0.1) is 13.2 Å². The fraction of sp³-hybridized carbons (Fsp3) is 0.211. The lowest BCUT2D eigenvalue weighted by atomic mass is 10.0. The van der Waals surface area contributed by atoms with Crippen molar-refractivity contribution in [2.24, 2.45) is 0 Å². The minimum absolute atomic E-state index is 0.00790. The number of halogens is 3. The van der Waals surface area contributed by atoms with Gasteiger partial charge in [0.2, 0.25) is 5.91 Å². The Morgan fingerprint density at radius 1 is 1.24 bits per heavy atom. The summed E-state index contributed by atoms with van der Waals surface area (Å²) < 4.78 is 42.3. The van der Waals surface area contributed by atoms with E-state index in [2.05, 4.69) is 15.0 Å². The number of rotatable bonds is 4. The monoisotopic (exact) mass is 421 g/mol. The summed E-state index contributed by atoms with van der Waals surface area (Å²) in [7, 11) is 0. The van der Waals surface area contributed by atoms with E-state index in [0.29, 0.717) is 34.1 Å². The van der Waals surface area contributed by atoms with E-state index in [1.807, 2.05) is 0 Å². The fourth-order valence-corrected chi connectivity index (χ4v) is 3.99. The van der Waals surface area contributed by atoms with Crippen molar-refractivity contribution in [3.05, 3.63) is 54.5 Å². The van der Waals surface area contributed by atoms with E-state index in [1.165, 1.54) is 41.8 Å². The number of ketones is 1. The van der Waals surface area contributed by atoms with Crippen molar-refractivity contribution in [1.29, 1.82) is 0 Å². The van der Waals surface area contributed by atoms with Gasteiger partial charge in [0, 0.05) is 18.8 Å². The largest absolute Gasteiger partial charge is 0.573 e. The lowest BCUT2D eigenvalue weighted by molar-refractivity contribution is -0.274. The van der Waals surface area contributed by atoms with Crippen LogP contribution in [0.4, 0.5) is 18.3 Å². The lowest BCUT2D eigenvalue weighted by Crippen LogP contribution is -2.31. The summed E-state index contributed by atoms with van der Waals surface area (Å²) in [6.45, 7) is 0. The first-order chi connectivity index (χ1) is 13.8. The van der Waals surface area contributed by atoms with Crippen molar-refractivity contribution < 1.29 is 27.5 Å². The third-order valence-corrected chi connectivity index (χ3v) is 5.42. The molecule has 150 valence electrons. The van der Waals surface area contributed by atoms with Crippen LogP contribution in [0, 0.1) is 0 Å². The van der Waals surface area contributed by atoms with Crippen LogP contribution in [-0.4, -0.2) is 27.6 Å². The fourth-order valence-electron chi connectivity index (χ4n) is 3.17. The minimum atomic E-state index is -4.74. The summed E-state index contributed by atoms with van der Waals surface area (Å²) in [5.74, 6) is -0.577. The van der Waals surface area contributed by atoms with Crippen LogP contribution in [0.15, 0.2) is 48.8 Å². The zero-order valence-corrected chi connectivity index (χ0v) is 15.6. The van der Waals surface area contributed by atoms with Crippen molar-refractivity contribution in [2.45, 2.75) is 25.2 Å². The van der Waals surface area contributed by atoms with Crippen LogP contribution in [0.2, 0.25) is 0 Å². The number of aromatic nitrogens is 2. The first-order valence-electron chi connectivity index (χ1n) is 8.63. The van der Waals surface area contributed by atoms with Crippen LogP contribution in [0.25, 0.3) is 10.4 Å². The average Bonchev–Trinajstić information content (AvgIpc) is 3.31. The number of amides is 1. The van der Waals surface area contributed by atoms with E-state index in [1.54, 1.807) is 22.9 Å². The van der Waals surface area contributed by atoms with Gasteiger partial charge in [-0.3, -0.25) is 9.59 Å². The van der Waals surface area contributed by atoms with E-state index in [4.69, 9.17) is 0 Å². The Morgan fingerprint density at radius 3 is 2.72 bits per heavy atom. The topological polar surface area (TPSA) is 73.2 Å². The summed E-state index contributed by atoms with van der Waals surface area (Å²) in [5, 5.41) is 3.12. The predicted octanol–water partition coefficient (Wildman–Crippen LogP) is 4.67. The number of carbonyl (C=O) groups is 2. The van der Waals surface area contributed by atoms with E-state index in [-0.39, 0.29) is 17.4 Å². The summed E-state index contributed by atoms with van der Waals surface area (Å²) >= 11 is 1.20. The number of benzene rings is 1. The molecule has 4 rings (SSSR count). The van der Waals surface area contributed by atoms with E-state index < -0.39 is 12.4 Å². The third kappa shape index (κ3) is 4.16. The van der Waals surface area contributed by atoms with Crippen LogP contribution in [-0.2, 0) is 4.79 Å². The van der Waals surface area contributed by atoms with Crippen molar-refractivity contribution >= 4 is 28.2 Å². The molecule has 10 heteroatoms. The molecule has 1 atom stereocenters. The Morgan fingerprint density at radius 2 is 2.00 bits per heavy atom. The first-order valence-corrected chi connectivity index (χ1v) is 9.45. The second kappa shape index (κ2) is 7.36. The van der Waals surface area contributed by atoms with E-state index in [0.717, 1.165) is 0 Å². The molecule has 1 amide bonds. The Bertz CT molecular complexity index is 1060. The van der Waals surface area contributed by atoms with Gasteiger partial charge in [-0.05, 0) is 48.4 Å². The molecule has 0 radical (unpaired) electrons. The molecular formula is C19H14F3N3O3S. The molecule has 1 aliphatic rings. The molecular weight excluding hydrogens is 407 g/mol. The van der Waals surface area contributed by atoms with Crippen LogP contribution in [0.3, 0.4) is 0 Å². The highest BCUT2D eigenvalue weighted by Gasteiger charge is 2.31. The maximum absolute atomic E-state index is 12.7. The number of ether oxygens (including phenoxy) is 1. The van der Waals surface area contributed by atoms with Gasteiger partial charge in [-0.1, -0.05) is 11.3 Å². The average molecular weight is 421 g/mol. The number of fused-ring (bicyclic) bond motifs is 1. The molecule has 2 aromatic heterocycles. The molecule has 0 spiro atoms. The highest BCUT2D eigenvalue weighted by atomic mass is 32.1. The van der Waals surface area contributed by atoms with Crippen LogP contribution >= 0.6 is 11.3 Å². The Balaban J connectivity index is 1.45. The molecule has 0 aliphatic carbocycles. The number of hydrogen-bond acceptors (Lipinski definition) is 5. The van der Waals surface area contributed by atoms with Gasteiger partial charge in [0.25, 0.3) is 0 Å². The number of hydrogen-bond donors (Lipinski definition) is 1. The van der Waals surface area contributed by atoms with Crippen molar-refractivity contribution in [1.82, 2.24) is 9.55 Å². The van der Waals surface area contributed by atoms with Crippen LogP contribution < -0.4 is 10.1 Å². The maximum atomic E-state index is 12.7. The Kier molecular flexibility index (Phi) is 4.87. The smallest absolute Gasteiger partial charge is 0.406 e. The summed E-state index contributed by atoms with van der Waals surface area (Å²) in [4.78, 5) is 29.4. The van der Waals surface area contributed by atoms with E-state index >= 15 is 0 Å². The highest BCUT2D eigenvalue weighted by molar-refractivity contribution is 7.19.